The molecule has 2 aromatic heterocycles. The summed E-state index contributed by atoms with van der Waals surface area (Å²) in [6.45, 7) is 2.07. The summed E-state index contributed by atoms with van der Waals surface area (Å²) in [4.78, 5) is 19.5. The first-order valence-electron chi connectivity index (χ1n) is 5.90. The van der Waals surface area contributed by atoms with E-state index in [9.17, 15) is 4.79 Å². The lowest BCUT2D eigenvalue weighted by molar-refractivity contribution is -0.133. The van der Waals surface area contributed by atoms with Crippen molar-refractivity contribution < 1.29 is 9.90 Å². The van der Waals surface area contributed by atoms with Gasteiger partial charge in [-0.3, -0.25) is 9.36 Å². The van der Waals surface area contributed by atoms with Gasteiger partial charge in [0, 0.05) is 18.0 Å². The molecule has 0 radical (unpaired) electrons. The third-order valence-corrected chi connectivity index (χ3v) is 4.60. The number of aromatic nitrogens is 3. The molecule has 0 aliphatic carbocycles. The van der Waals surface area contributed by atoms with E-state index in [-0.39, 0.29) is 11.8 Å². The van der Waals surface area contributed by atoms with Crippen LogP contribution in [0.1, 0.15) is 13.0 Å². The van der Waals surface area contributed by atoms with Crippen LogP contribution in [-0.4, -0.2) is 43.4 Å². The second kappa shape index (κ2) is 6.69. The molecule has 0 saturated heterocycles. The van der Waals surface area contributed by atoms with Gasteiger partial charge in [-0.05, 0) is 19.2 Å². The van der Waals surface area contributed by atoms with Crippen LogP contribution < -0.4 is 0 Å². The Morgan fingerprint density at radius 3 is 3.00 bits per heavy atom. The number of fused-ring (bicyclic) bond motifs is 1. The highest BCUT2D eigenvalue weighted by atomic mass is 35.5. The highest BCUT2D eigenvalue weighted by molar-refractivity contribution is 7.99. The molecular weight excluding hydrogens is 318 g/mol. The quantitative estimate of drug-likeness (QED) is 0.820. The minimum absolute atomic E-state index is 0.0248. The fourth-order valence-electron chi connectivity index (χ4n) is 1.88. The van der Waals surface area contributed by atoms with Crippen LogP contribution in [0.2, 0.25) is 5.02 Å². The van der Waals surface area contributed by atoms with Gasteiger partial charge in [0.05, 0.1) is 10.8 Å². The van der Waals surface area contributed by atoms with E-state index < -0.39 is 5.97 Å². The molecular formula is C12H14ClN3O2S2. The lowest BCUT2D eigenvalue weighted by atomic mass is 10.3. The average molecular weight is 332 g/mol. The summed E-state index contributed by atoms with van der Waals surface area (Å²) in [6.07, 6.45) is 3.61. The smallest absolute Gasteiger partial charge is 0.313 e. The summed E-state index contributed by atoms with van der Waals surface area (Å²) in [6, 6.07) is 1.93. The normalized spacial score (nSPS) is 12.8. The molecule has 0 saturated carbocycles. The van der Waals surface area contributed by atoms with Crippen LogP contribution in [-0.2, 0) is 4.79 Å². The van der Waals surface area contributed by atoms with Crippen molar-refractivity contribution in [3.8, 4) is 0 Å². The van der Waals surface area contributed by atoms with Crippen molar-refractivity contribution in [3.63, 3.8) is 0 Å². The molecule has 1 N–H and O–H groups in total. The van der Waals surface area contributed by atoms with Gasteiger partial charge < -0.3 is 5.11 Å². The summed E-state index contributed by atoms with van der Waals surface area (Å²) in [7, 11) is 0. The van der Waals surface area contributed by atoms with Gasteiger partial charge in [-0.1, -0.05) is 23.4 Å². The topological polar surface area (TPSA) is 68.0 Å². The van der Waals surface area contributed by atoms with Crippen LogP contribution in [0.25, 0.3) is 11.2 Å². The molecule has 0 spiro atoms. The lowest BCUT2D eigenvalue weighted by Crippen LogP contribution is -2.10. The van der Waals surface area contributed by atoms with Gasteiger partial charge in [0.15, 0.2) is 10.8 Å². The van der Waals surface area contributed by atoms with Crippen molar-refractivity contribution in [2.45, 2.75) is 18.1 Å². The number of nitrogens with zero attached hydrogens (tertiary/aromatic N) is 3. The Morgan fingerprint density at radius 2 is 2.35 bits per heavy atom. The first-order chi connectivity index (χ1) is 9.52. The van der Waals surface area contributed by atoms with Gasteiger partial charge in [-0.2, -0.15) is 11.8 Å². The summed E-state index contributed by atoms with van der Waals surface area (Å²) in [5.41, 5.74) is 1.43. The number of thioether (sulfide) groups is 2. The van der Waals surface area contributed by atoms with E-state index in [1.54, 1.807) is 24.0 Å². The van der Waals surface area contributed by atoms with Crippen LogP contribution in [0, 0.1) is 0 Å². The largest absolute Gasteiger partial charge is 0.481 e. The monoisotopic (exact) mass is 331 g/mol. The summed E-state index contributed by atoms with van der Waals surface area (Å²) >= 11 is 8.86. The van der Waals surface area contributed by atoms with Gasteiger partial charge in [-0.25, -0.2) is 9.97 Å². The first kappa shape index (κ1) is 15.5. The predicted octanol–water partition coefficient (Wildman–Crippen LogP) is 3.19. The molecule has 2 aromatic rings. The predicted molar refractivity (Wildman–Crippen MR) is 84.0 cm³/mol. The Labute approximate surface area is 130 Å². The van der Waals surface area contributed by atoms with Crippen molar-refractivity contribution >= 4 is 52.3 Å². The Bertz CT molecular complexity index is 632. The van der Waals surface area contributed by atoms with E-state index in [2.05, 4.69) is 16.9 Å². The molecule has 0 aliphatic heterocycles. The number of imidazole rings is 1. The maximum atomic E-state index is 10.8. The zero-order chi connectivity index (χ0) is 14.7. The number of pyridine rings is 1. The first-order valence-corrected chi connectivity index (χ1v) is 8.65. The van der Waals surface area contributed by atoms with Gasteiger partial charge in [0.25, 0.3) is 0 Å². The minimum atomic E-state index is -0.864. The maximum absolute atomic E-state index is 10.8. The standard InChI is InChI=1S/C12H14ClN3O2S2/c1-7(5-19-2)16-11-9(3-8(13)4-14-11)15-12(16)20-6-10(17)18/h3-4,7H,5-6H2,1-2H3,(H,17,18). The SMILES string of the molecule is CSCC(C)n1c(SCC(=O)O)nc2cc(Cl)cnc21. The van der Waals surface area contributed by atoms with Gasteiger partial charge in [0.2, 0.25) is 0 Å². The van der Waals surface area contributed by atoms with Crippen LogP contribution >= 0.6 is 35.1 Å². The Balaban J connectivity index is 2.47. The van der Waals surface area contributed by atoms with Gasteiger partial charge in [0.1, 0.15) is 5.52 Å². The Morgan fingerprint density at radius 1 is 1.60 bits per heavy atom. The second-order valence-corrected chi connectivity index (χ2v) is 6.54. The molecule has 1 unspecified atom stereocenters. The molecule has 8 heteroatoms. The molecule has 2 rings (SSSR count). The van der Waals surface area contributed by atoms with Crippen LogP contribution in [0.15, 0.2) is 17.4 Å². The third-order valence-electron chi connectivity index (χ3n) is 2.64. The number of hydrogen-bond acceptors (Lipinski definition) is 5. The van der Waals surface area contributed by atoms with Crippen LogP contribution in [0.4, 0.5) is 0 Å². The van der Waals surface area contributed by atoms with E-state index >= 15 is 0 Å². The number of carboxylic acids is 1. The zero-order valence-corrected chi connectivity index (χ0v) is 13.4. The van der Waals surface area contributed by atoms with Crippen molar-refractivity contribution in [2.75, 3.05) is 17.8 Å². The maximum Gasteiger partial charge on any atom is 0.313 e. The second-order valence-electron chi connectivity index (χ2n) is 4.25. The van der Waals surface area contributed by atoms with E-state index in [0.717, 1.165) is 11.4 Å². The van der Waals surface area contributed by atoms with E-state index in [1.165, 1.54) is 11.8 Å². The fourth-order valence-corrected chi connectivity index (χ4v) is 3.48. The lowest BCUT2D eigenvalue weighted by Gasteiger charge is -2.15. The van der Waals surface area contributed by atoms with Crippen molar-refractivity contribution in [2.24, 2.45) is 0 Å². The summed E-state index contributed by atoms with van der Waals surface area (Å²) in [5, 5.41) is 10.0. The molecule has 108 valence electrons. The molecule has 5 nitrogen and oxygen atoms in total. The van der Waals surface area contributed by atoms with Crippen molar-refractivity contribution in [3.05, 3.63) is 17.3 Å². The van der Waals surface area contributed by atoms with Gasteiger partial charge >= 0.3 is 5.97 Å². The third kappa shape index (κ3) is 3.39. The van der Waals surface area contributed by atoms with Crippen molar-refractivity contribution in [1.29, 1.82) is 0 Å². The summed E-state index contributed by atoms with van der Waals surface area (Å²) < 4.78 is 1.98. The summed E-state index contributed by atoms with van der Waals surface area (Å²) in [5.74, 6) is 0.0107. The number of carbonyl (C=O) groups is 1. The molecule has 0 aromatic carbocycles. The average Bonchev–Trinajstić information content (AvgIpc) is 2.74. The van der Waals surface area contributed by atoms with Crippen LogP contribution in [0.5, 0.6) is 0 Å². The van der Waals surface area contributed by atoms with E-state index in [4.69, 9.17) is 16.7 Å². The van der Waals surface area contributed by atoms with Crippen LogP contribution in [0.3, 0.4) is 0 Å². The zero-order valence-electron chi connectivity index (χ0n) is 11.0. The Hall–Kier alpha value is -0.920. The van der Waals surface area contributed by atoms with Gasteiger partial charge in [-0.15, -0.1) is 0 Å². The molecule has 2 heterocycles. The van der Waals surface area contributed by atoms with E-state index in [0.29, 0.717) is 15.7 Å². The highest BCUT2D eigenvalue weighted by Gasteiger charge is 2.18. The number of aliphatic carboxylic acids is 1. The fraction of sp³-hybridized carbons (Fsp3) is 0.417. The molecule has 1 atom stereocenters. The number of rotatable bonds is 6. The van der Waals surface area contributed by atoms with Crippen molar-refractivity contribution in [1.82, 2.24) is 14.5 Å². The molecule has 20 heavy (non-hydrogen) atoms. The molecule has 0 fully saturated rings. The molecule has 0 amide bonds. The number of carboxylic acid groups (broad SMARTS) is 1. The van der Waals surface area contributed by atoms with E-state index in [1.807, 2.05) is 10.8 Å². The number of halogens is 1. The minimum Gasteiger partial charge on any atom is -0.481 e. The highest BCUT2D eigenvalue weighted by Crippen LogP contribution is 2.29. The molecule has 0 bridgehead atoms. The number of hydrogen-bond donors (Lipinski definition) is 1. The Kier molecular flexibility index (Phi) is 5.17. The molecule has 0 aliphatic rings.